The summed E-state index contributed by atoms with van der Waals surface area (Å²) in [6, 6.07) is 4.19. The van der Waals surface area contributed by atoms with Crippen LogP contribution in [0, 0.1) is 24.1 Å². The van der Waals surface area contributed by atoms with Crippen molar-refractivity contribution in [2.24, 2.45) is 4.99 Å². The standard InChI is InChI=1S/C25H24F5N5O4/c1-12-8-13(10-31)11-32-17(12)16(36)9-14-6-7-15(26)19(33-14)24(5)18(27)20(25(28,29)30)38-21(35-24)34-22(37)39-23(2,3)4/h6-8,11,18,20H,9H2,1-5H3,(H,34,35,37)/t18-,20-,24-/m0/s1. The highest BCUT2D eigenvalue weighted by atomic mass is 19.4. The van der Waals surface area contributed by atoms with Crippen molar-refractivity contribution in [1.82, 2.24) is 15.3 Å². The number of hydrogen-bond acceptors (Lipinski definition) is 8. The van der Waals surface area contributed by atoms with Gasteiger partial charge in [0.05, 0.1) is 12.0 Å². The summed E-state index contributed by atoms with van der Waals surface area (Å²) in [5.41, 5.74) is -4.01. The fourth-order valence-electron chi connectivity index (χ4n) is 3.75. The maximum absolute atomic E-state index is 15.4. The molecule has 1 N–H and O–H groups in total. The van der Waals surface area contributed by atoms with Crippen LogP contribution >= 0.6 is 0 Å². The van der Waals surface area contributed by atoms with Crippen LogP contribution in [0.25, 0.3) is 0 Å². The molecule has 208 valence electrons. The number of aryl methyl sites for hydroxylation is 1. The van der Waals surface area contributed by atoms with Crippen LogP contribution in [-0.4, -0.2) is 51.9 Å². The molecule has 1 aliphatic heterocycles. The summed E-state index contributed by atoms with van der Waals surface area (Å²) in [4.78, 5) is 36.6. The predicted molar refractivity (Wildman–Crippen MR) is 126 cm³/mol. The topological polar surface area (TPSA) is 127 Å². The fraction of sp³-hybridized carbons (Fsp3) is 0.440. The quantitative estimate of drug-likeness (QED) is 0.433. The van der Waals surface area contributed by atoms with Gasteiger partial charge in [0.1, 0.15) is 34.4 Å². The van der Waals surface area contributed by atoms with E-state index < -0.39 is 65.4 Å². The molecule has 0 saturated carbocycles. The van der Waals surface area contributed by atoms with Gasteiger partial charge in [-0.3, -0.25) is 14.8 Å². The van der Waals surface area contributed by atoms with E-state index in [0.29, 0.717) is 5.56 Å². The summed E-state index contributed by atoms with van der Waals surface area (Å²) in [5, 5.41) is 10.9. The maximum Gasteiger partial charge on any atom is 0.428 e. The van der Waals surface area contributed by atoms with Gasteiger partial charge in [0, 0.05) is 11.9 Å². The number of nitrogens with one attached hydrogen (secondary N) is 1. The van der Waals surface area contributed by atoms with Gasteiger partial charge in [0.2, 0.25) is 6.10 Å². The van der Waals surface area contributed by atoms with Crippen LogP contribution < -0.4 is 5.32 Å². The molecule has 3 rings (SSSR count). The van der Waals surface area contributed by atoms with E-state index in [1.54, 1.807) is 6.92 Å². The molecule has 2 aromatic heterocycles. The number of amides is 1. The van der Waals surface area contributed by atoms with Gasteiger partial charge >= 0.3 is 12.3 Å². The molecule has 0 aliphatic carbocycles. The highest BCUT2D eigenvalue weighted by molar-refractivity contribution is 5.96. The van der Waals surface area contributed by atoms with E-state index in [1.807, 2.05) is 11.4 Å². The van der Waals surface area contributed by atoms with E-state index in [9.17, 15) is 27.2 Å². The Morgan fingerprint density at radius 2 is 1.92 bits per heavy atom. The number of carbonyl (C=O) groups is 2. The number of aromatic nitrogens is 2. The number of alkyl halides is 4. The van der Waals surface area contributed by atoms with Gasteiger partial charge in [0.25, 0.3) is 6.02 Å². The minimum Gasteiger partial charge on any atom is -0.449 e. The van der Waals surface area contributed by atoms with Crippen LogP contribution in [0.1, 0.15) is 60.7 Å². The van der Waals surface area contributed by atoms with Gasteiger partial charge in [-0.15, -0.1) is 0 Å². The van der Waals surface area contributed by atoms with Crippen molar-refractivity contribution in [1.29, 1.82) is 5.26 Å². The van der Waals surface area contributed by atoms with Crippen LogP contribution in [0.4, 0.5) is 26.7 Å². The minimum atomic E-state index is -5.28. The molecule has 3 heterocycles. The molecule has 0 bridgehead atoms. The smallest absolute Gasteiger partial charge is 0.428 e. The number of amidine groups is 1. The van der Waals surface area contributed by atoms with Crippen LogP contribution in [0.2, 0.25) is 0 Å². The van der Waals surface area contributed by atoms with Crippen molar-refractivity contribution in [2.45, 2.75) is 70.6 Å². The molecule has 0 unspecified atom stereocenters. The number of rotatable bonds is 4. The molecule has 3 atom stereocenters. The van der Waals surface area contributed by atoms with Crippen LogP contribution in [-0.2, 0) is 21.4 Å². The lowest BCUT2D eigenvalue weighted by Crippen LogP contribution is -2.57. The number of ether oxygens (including phenoxy) is 2. The Hall–Kier alpha value is -4.15. The second-order valence-corrected chi connectivity index (χ2v) is 9.91. The van der Waals surface area contributed by atoms with E-state index in [4.69, 9.17) is 10.00 Å². The molecule has 0 saturated heterocycles. The summed E-state index contributed by atoms with van der Waals surface area (Å²) in [6.45, 7) is 6.90. The van der Waals surface area contributed by atoms with Gasteiger partial charge in [0.15, 0.2) is 12.0 Å². The zero-order valence-corrected chi connectivity index (χ0v) is 21.5. The van der Waals surface area contributed by atoms with Gasteiger partial charge in [-0.1, -0.05) is 0 Å². The molecular formula is C25H24F5N5O4. The molecular weight excluding hydrogens is 529 g/mol. The van der Waals surface area contributed by atoms with Crippen molar-refractivity contribution in [3.63, 3.8) is 0 Å². The number of Topliss-reactive ketones (excluding diaryl/α,β-unsaturated/α-hetero) is 1. The van der Waals surface area contributed by atoms with E-state index in [2.05, 4.69) is 19.7 Å². The first kappa shape index (κ1) is 29.4. The molecule has 1 aliphatic rings. The Morgan fingerprint density at radius 3 is 2.49 bits per heavy atom. The third kappa shape index (κ3) is 6.65. The van der Waals surface area contributed by atoms with Crippen molar-refractivity contribution in [3.05, 3.63) is 58.4 Å². The summed E-state index contributed by atoms with van der Waals surface area (Å²) >= 11 is 0. The van der Waals surface area contributed by atoms with Crippen LogP contribution in [0.5, 0.6) is 0 Å². The summed E-state index contributed by atoms with van der Waals surface area (Å²) < 4.78 is 81.1. The zero-order valence-electron chi connectivity index (χ0n) is 21.5. The normalized spacial score (nSPS) is 21.3. The number of carbonyl (C=O) groups excluding carboxylic acids is 2. The molecule has 39 heavy (non-hydrogen) atoms. The Kier molecular flexibility index (Phi) is 7.95. The fourth-order valence-corrected chi connectivity index (χ4v) is 3.75. The first-order valence-electron chi connectivity index (χ1n) is 11.5. The monoisotopic (exact) mass is 553 g/mol. The number of ketones is 1. The first-order chi connectivity index (χ1) is 17.9. The zero-order chi connectivity index (χ0) is 29.3. The Morgan fingerprint density at radius 1 is 1.26 bits per heavy atom. The average Bonchev–Trinajstić information content (AvgIpc) is 2.80. The number of alkyl carbamates (subject to hydrolysis) is 1. The second-order valence-electron chi connectivity index (χ2n) is 9.91. The van der Waals surface area contributed by atoms with Crippen LogP contribution in [0.15, 0.2) is 29.4 Å². The Balaban J connectivity index is 2.02. The molecule has 0 spiro atoms. The molecule has 0 radical (unpaired) electrons. The number of nitriles is 1. The third-order valence-electron chi connectivity index (χ3n) is 5.50. The SMILES string of the molecule is Cc1cc(C#N)cnc1C(=O)Cc1ccc(F)c([C@@]2(C)N=C(NC(=O)OC(C)(C)C)O[C@H](C(F)(F)F)[C@@H]2F)n1. The molecule has 1 amide bonds. The lowest BCUT2D eigenvalue weighted by molar-refractivity contribution is -0.228. The largest absolute Gasteiger partial charge is 0.449 e. The Bertz CT molecular complexity index is 1370. The lowest BCUT2D eigenvalue weighted by atomic mass is 9.86. The number of pyridine rings is 2. The summed E-state index contributed by atoms with van der Waals surface area (Å²) in [5.74, 6) is -1.79. The van der Waals surface area contributed by atoms with E-state index >= 15 is 4.39 Å². The number of aliphatic imine (C=N–C) groups is 1. The molecule has 0 aromatic carbocycles. The predicted octanol–water partition coefficient (Wildman–Crippen LogP) is 4.62. The van der Waals surface area contributed by atoms with Gasteiger partial charge in [-0.2, -0.15) is 18.4 Å². The molecule has 9 nitrogen and oxygen atoms in total. The first-order valence-corrected chi connectivity index (χ1v) is 11.5. The Labute approximate surface area is 220 Å². The van der Waals surface area contributed by atoms with Crippen molar-refractivity contribution >= 4 is 17.9 Å². The summed E-state index contributed by atoms with van der Waals surface area (Å²) in [6.07, 6.45) is -11.9. The number of halogens is 5. The lowest BCUT2D eigenvalue weighted by Gasteiger charge is -2.39. The van der Waals surface area contributed by atoms with Gasteiger partial charge < -0.3 is 9.47 Å². The number of nitrogens with zero attached hydrogens (tertiary/aromatic N) is 4. The minimum absolute atomic E-state index is 0.00123. The molecule has 2 aromatic rings. The van der Waals surface area contributed by atoms with Crippen LogP contribution in [0.3, 0.4) is 0 Å². The maximum atomic E-state index is 15.4. The average molecular weight is 553 g/mol. The van der Waals surface area contributed by atoms with E-state index in [1.165, 1.54) is 33.0 Å². The molecule has 14 heteroatoms. The highest BCUT2D eigenvalue weighted by Crippen LogP contribution is 2.42. The van der Waals surface area contributed by atoms with Gasteiger partial charge in [-0.25, -0.2) is 23.9 Å². The van der Waals surface area contributed by atoms with E-state index in [-0.39, 0.29) is 17.0 Å². The highest BCUT2D eigenvalue weighted by Gasteiger charge is 2.59. The second kappa shape index (κ2) is 10.5. The van der Waals surface area contributed by atoms with Crippen molar-refractivity contribution in [3.8, 4) is 6.07 Å². The summed E-state index contributed by atoms with van der Waals surface area (Å²) in [7, 11) is 0. The van der Waals surface area contributed by atoms with Gasteiger partial charge in [-0.05, 0) is 58.4 Å². The number of hydrogen-bond donors (Lipinski definition) is 1. The van der Waals surface area contributed by atoms with Crippen molar-refractivity contribution in [2.75, 3.05) is 0 Å². The third-order valence-corrected chi connectivity index (χ3v) is 5.50. The van der Waals surface area contributed by atoms with Crippen molar-refractivity contribution < 1.29 is 41.0 Å². The van der Waals surface area contributed by atoms with E-state index in [0.717, 1.165) is 19.1 Å². The molecule has 0 fully saturated rings.